The predicted molar refractivity (Wildman–Crippen MR) is 97.2 cm³/mol. The number of ether oxygens (including phenoxy) is 1. The summed E-state index contributed by atoms with van der Waals surface area (Å²) in [4.78, 5) is 11.8. The van der Waals surface area contributed by atoms with Crippen LogP contribution in [0.4, 0.5) is 13.2 Å². The highest BCUT2D eigenvalue weighted by Crippen LogP contribution is 2.46. The molecule has 1 fully saturated rings. The van der Waals surface area contributed by atoms with Gasteiger partial charge in [0.2, 0.25) is 5.91 Å². The zero-order valence-electron chi connectivity index (χ0n) is 15.6. The van der Waals surface area contributed by atoms with Gasteiger partial charge in [0, 0.05) is 17.5 Å². The fourth-order valence-electron chi connectivity index (χ4n) is 3.47. The molecule has 1 aliphatic rings. The number of hydrazine groups is 1. The van der Waals surface area contributed by atoms with E-state index in [1.807, 2.05) is 19.1 Å². The monoisotopic (exact) mass is 380 g/mol. The van der Waals surface area contributed by atoms with E-state index in [1.54, 1.807) is 32.0 Å². The second-order valence-electron chi connectivity index (χ2n) is 7.42. The van der Waals surface area contributed by atoms with Gasteiger partial charge in [0.25, 0.3) is 0 Å². The van der Waals surface area contributed by atoms with Gasteiger partial charge in [0.05, 0.1) is 6.61 Å². The van der Waals surface area contributed by atoms with Crippen molar-refractivity contribution in [3.63, 3.8) is 0 Å². The number of rotatable bonds is 5. The van der Waals surface area contributed by atoms with Gasteiger partial charge in [-0.2, -0.15) is 18.2 Å². The Hall–Kier alpha value is -2.28. The van der Waals surface area contributed by atoms with Gasteiger partial charge in [-0.1, -0.05) is 31.2 Å². The van der Waals surface area contributed by atoms with Gasteiger partial charge in [-0.05, 0) is 43.2 Å². The number of halogens is 3. The summed E-state index contributed by atoms with van der Waals surface area (Å²) in [5.41, 5.74) is 1.42. The van der Waals surface area contributed by atoms with Crippen molar-refractivity contribution >= 4 is 16.7 Å². The highest BCUT2D eigenvalue weighted by molar-refractivity contribution is 5.85. The molecule has 27 heavy (non-hydrogen) atoms. The molecule has 0 saturated carbocycles. The van der Waals surface area contributed by atoms with Crippen LogP contribution in [-0.4, -0.2) is 29.2 Å². The van der Waals surface area contributed by atoms with E-state index >= 15 is 0 Å². The van der Waals surface area contributed by atoms with Gasteiger partial charge >= 0.3 is 6.18 Å². The summed E-state index contributed by atoms with van der Waals surface area (Å²) in [5, 5.41) is 2.50. The standard InChI is InChI=1S/C20H23F3N2O2/c1-4-9-27-16-11-14-8-6-5-7-13(14)10-15(16)18(20(21,22)23)25-19(2,3)12-17(26)24-25/h5-8,10-11,18H,4,9,12H2,1-3H3,(H,24,26)/t18-/m0/s1. The quantitative estimate of drug-likeness (QED) is 0.814. The zero-order chi connectivity index (χ0) is 19.8. The van der Waals surface area contributed by atoms with E-state index in [9.17, 15) is 18.0 Å². The molecule has 7 heteroatoms. The first kappa shape index (κ1) is 19.5. The summed E-state index contributed by atoms with van der Waals surface area (Å²) in [5.74, 6) is -0.235. The molecule has 1 N–H and O–H groups in total. The summed E-state index contributed by atoms with van der Waals surface area (Å²) in [6, 6.07) is 8.36. The Morgan fingerprint density at radius 1 is 1.22 bits per heavy atom. The lowest BCUT2D eigenvalue weighted by Crippen LogP contribution is -2.51. The maximum absolute atomic E-state index is 14.2. The van der Waals surface area contributed by atoms with Crippen LogP contribution in [0.1, 0.15) is 45.2 Å². The largest absolute Gasteiger partial charge is 0.493 e. The highest BCUT2D eigenvalue weighted by atomic mass is 19.4. The van der Waals surface area contributed by atoms with Crippen LogP contribution in [0.5, 0.6) is 5.75 Å². The topological polar surface area (TPSA) is 41.6 Å². The Bertz CT molecular complexity index is 849. The fourth-order valence-corrected chi connectivity index (χ4v) is 3.47. The lowest BCUT2D eigenvalue weighted by Gasteiger charge is -2.38. The summed E-state index contributed by atoms with van der Waals surface area (Å²) < 4.78 is 48.2. The molecular weight excluding hydrogens is 357 g/mol. The van der Waals surface area contributed by atoms with Gasteiger partial charge < -0.3 is 4.74 Å². The predicted octanol–water partition coefficient (Wildman–Crippen LogP) is 4.75. The van der Waals surface area contributed by atoms with Gasteiger partial charge in [-0.3, -0.25) is 10.2 Å². The molecular formula is C20H23F3N2O2. The number of amides is 1. The Labute approximate surface area is 156 Å². The Balaban J connectivity index is 2.19. The van der Waals surface area contributed by atoms with Gasteiger partial charge in [0.1, 0.15) is 5.75 Å². The third kappa shape index (κ3) is 3.88. The van der Waals surface area contributed by atoms with Crippen LogP contribution in [0.15, 0.2) is 36.4 Å². The lowest BCUT2D eigenvalue weighted by molar-refractivity contribution is -0.204. The number of carbonyl (C=O) groups excluding carboxylic acids is 1. The van der Waals surface area contributed by atoms with Crippen molar-refractivity contribution in [3.05, 3.63) is 42.0 Å². The van der Waals surface area contributed by atoms with Crippen molar-refractivity contribution in [2.75, 3.05) is 6.61 Å². The molecule has 0 spiro atoms. The first-order valence-electron chi connectivity index (χ1n) is 8.94. The SMILES string of the molecule is CCCOc1cc2ccccc2cc1[C@H](N1NC(=O)CC1(C)C)C(F)(F)F. The van der Waals surface area contributed by atoms with E-state index in [0.717, 1.165) is 10.4 Å². The molecule has 2 aromatic rings. The molecule has 0 unspecified atom stereocenters. The van der Waals surface area contributed by atoms with E-state index in [0.29, 0.717) is 18.4 Å². The number of nitrogens with zero attached hydrogens (tertiary/aromatic N) is 1. The van der Waals surface area contributed by atoms with Gasteiger partial charge in [-0.15, -0.1) is 0 Å². The number of nitrogens with one attached hydrogen (secondary N) is 1. The molecule has 0 radical (unpaired) electrons. The lowest BCUT2D eigenvalue weighted by atomic mass is 9.95. The molecule has 146 valence electrons. The number of carbonyl (C=O) groups is 1. The van der Waals surface area contributed by atoms with Crippen molar-refractivity contribution in [1.82, 2.24) is 10.4 Å². The van der Waals surface area contributed by atoms with Crippen LogP contribution < -0.4 is 10.2 Å². The van der Waals surface area contributed by atoms with Crippen LogP contribution in [-0.2, 0) is 4.79 Å². The molecule has 1 aliphatic heterocycles. The molecule has 2 aromatic carbocycles. The third-order valence-corrected chi connectivity index (χ3v) is 4.69. The molecule has 1 atom stereocenters. The minimum absolute atomic E-state index is 0.00167. The van der Waals surface area contributed by atoms with Crippen LogP contribution in [0.25, 0.3) is 10.8 Å². The van der Waals surface area contributed by atoms with Crippen LogP contribution in [0.3, 0.4) is 0 Å². The molecule has 0 aliphatic carbocycles. The highest BCUT2D eigenvalue weighted by Gasteiger charge is 2.53. The first-order valence-corrected chi connectivity index (χ1v) is 8.94. The van der Waals surface area contributed by atoms with E-state index in [-0.39, 0.29) is 17.7 Å². The summed E-state index contributed by atoms with van der Waals surface area (Å²) in [6.07, 6.45) is -3.92. The Kier molecular flexibility index (Phi) is 5.08. The minimum Gasteiger partial charge on any atom is -0.493 e. The molecule has 0 aromatic heterocycles. The number of hydrogen-bond donors (Lipinski definition) is 1. The summed E-state index contributed by atoms with van der Waals surface area (Å²) >= 11 is 0. The van der Waals surface area contributed by atoms with Gasteiger partial charge in [-0.25, -0.2) is 0 Å². The second-order valence-corrected chi connectivity index (χ2v) is 7.42. The first-order chi connectivity index (χ1) is 12.6. The fraction of sp³-hybridized carbons (Fsp3) is 0.450. The number of fused-ring (bicyclic) bond motifs is 1. The average molecular weight is 380 g/mol. The van der Waals surface area contributed by atoms with Crippen molar-refractivity contribution in [2.45, 2.75) is 51.4 Å². The summed E-state index contributed by atoms with van der Waals surface area (Å²) in [6.45, 7) is 5.45. The van der Waals surface area contributed by atoms with Crippen molar-refractivity contribution in [1.29, 1.82) is 0 Å². The molecule has 1 heterocycles. The summed E-state index contributed by atoms with van der Waals surface area (Å²) in [7, 11) is 0. The maximum Gasteiger partial charge on any atom is 0.410 e. The maximum atomic E-state index is 14.2. The number of alkyl halides is 3. The Morgan fingerprint density at radius 3 is 2.37 bits per heavy atom. The second kappa shape index (κ2) is 7.03. The zero-order valence-corrected chi connectivity index (χ0v) is 15.6. The van der Waals surface area contributed by atoms with Crippen molar-refractivity contribution in [2.24, 2.45) is 0 Å². The van der Waals surface area contributed by atoms with Gasteiger partial charge in [0.15, 0.2) is 6.04 Å². The van der Waals surface area contributed by atoms with Crippen molar-refractivity contribution < 1.29 is 22.7 Å². The Morgan fingerprint density at radius 2 is 1.85 bits per heavy atom. The van der Waals surface area contributed by atoms with Crippen LogP contribution >= 0.6 is 0 Å². The van der Waals surface area contributed by atoms with Crippen LogP contribution in [0, 0.1) is 0 Å². The molecule has 3 rings (SSSR count). The smallest absolute Gasteiger partial charge is 0.410 e. The number of benzene rings is 2. The molecule has 1 amide bonds. The van der Waals surface area contributed by atoms with E-state index in [4.69, 9.17) is 4.74 Å². The third-order valence-electron chi connectivity index (χ3n) is 4.69. The average Bonchev–Trinajstić information content (AvgIpc) is 2.84. The van der Waals surface area contributed by atoms with E-state index < -0.39 is 23.7 Å². The molecule has 1 saturated heterocycles. The minimum atomic E-state index is -4.60. The van der Waals surface area contributed by atoms with Crippen molar-refractivity contribution in [3.8, 4) is 5.75 Å². The van der Waals surface area contributed by atoms with E-state index in [2.05, 4.69) is 5.43 Å². The van der Waals surface area contributed by atoms with Crippen LogP contribution in [0.2, 0.25) is 0 Å². The molecule has 4 nitrogen and oxygen atoms in total. The van der Waals surface area contributed by atoms with E-state index in [1.165, 1.54) is 6.07 Å². The molecule has 0 bridgehead atoms. The normalized spacial score (nSPS) is 18.5. The number of hydrogen-bond acceptors (Lipinski definition) is 3.